The second-order valence-corrected chi connectivity index (χ2v) is 6.89. The molecular weight excluding hydrogens is 318 g/mol. The quantitative estimate of drug-likeness (QED) is 0.868. The first-order valence-electron chi connectivity index (χ1n) is 5.64. The Kier molecular flexibility index (Phi) is 5.78. The Morgan fingerprint density at radius 3 is 2.44 bits per heavy atom. The zero-order chi connectivity index (χ0) is 13.8. The van der Waals surface area contributed by atoms with Crippen molar-refractivity contribution in [2.24, 2.45) is 5.92 Å². The van der Waals surface area contributed by atoms with Crippen molar-refractivity contribution in [2.75, 3.05) is 13.7 Å². The van der Waals surface area contributed by atoms with Crippen molar-refractivity contribution in [3.8, 4) is 0 Å². The molecule has 0 heterocycles. The fourth-order valence-corrected chi connectivity index (χ4v) is 3.84. The summed E-state index contributed by atoms with van der Waals surface area (Å²) in [5.41, 5.74) is 0. The molecule has 1 atom stereocenters. The summed E-state index contributed by atoms with van der Waals surface area (Å²) in [4.78, 5) is 0.242. The lowest BCUT2D eigenvalue weighted by atomic mass is 10.1. The van der Waals surface area contributed by atoms with Crippen LogP contribution in [0, 0.1) is 5.92 Å². The van der Waals surface area contributed by atoms with Crippen LogP contribution < -0.4 is 4.72 Å². The van der Waals surface area contributed by atoms with Crippen LogP contribution in [0.15, 0.2) is 33.6 Å². The van der Waals surface area contributed by atoms with Gasteiger partial charge in [0.05, 0.1) is 11.5 Å². The van der Waals surface area contributed by atoms with Gasteiger partial charge in [0.25, 0.3) is 0 Å². The third kappa shape index (κ3) is 4.05. The van der Waals surface area contributed by atoms with E-state index < -0.39 is 10.0 Å². The molecule has 0 amide bonds. The molecule has 1 rings (SSSR count). The van der Waals surface area contributed by atoms with Crippen LogP contribution in [0.3, 0.4) is 0 Å². The summed E-state index contributed by atoms with van der Waals surface area (Å²) in [6.45, 7) is 4.25. The first kappa shape index (κ1) is 15.6. The van der Waals surface area contributed by atoms with E-state index in [0.717, 1.165) is 0 Å². The van der Waals surface area contributed by atoms with Crippen LogP contribution in [0.1, 0.15) is 13.8 Å². The highest BCUT2D eigenvalue weighted by Gasteiger charge is 2.23. The van der Waals surface area contributed by atoms with Crippen molar-refractivity contribution in [3.05, 3.63) is 28.7 Å². The van der Waals surface area contributed by atoms with E-state index in [9.17, 15) is 8.42 Å². The first-order chi connectivity index (χ1) is 8.38. The summed E-state index contributed by atoms with van der Waals surface area (Å²) < 4.78 is 32.8. The molecule has 0 saturated carbocycles. The highest BCUT2D eigenvalue weighted by Crippen LogP contribution is 2.21. The summed E-state index contributed by atoms with van der Waals surface area (Å²) in [5.74, 6) is 0.155. The Morgan fingerprint density at radius 2 is 1.94 bits per heavy atom. The summed E-state index contributed by atoms with van der Waals surface area (Å²) in [6, 6.07) is 6.50. The highest BCUT2D eigenvalue weighted by atomic mass is 79.9. The lowest BCUT2D eigenvalue weighted by Crippen LogP contribution is -2.41. The van der Waals surface area contributed by atoms with Gasteiger partial charge >= 0.3 is 0 Å². The van der Waals surface area contributed by atoms with Crippen molar-refractivity contribution in [1.29, 1.82) is 0 Å². The van der Waals surface area contributed by atoms with Crippen LogP contribution in [0.2, 0.25) is 0 Å². The van der Waals surface area contributed by atoms with Gasteiger partial charge in [0.2, 0.25) is 10.0 Å². The molecule has 0 radical (unpaired) electrons. The molecular formula is C12H18BrNO3S. The average molecular weight is 336 g/mol. The zero-order valence-electron chi connectivity index (χ0n) is 10.7. The van der Waals surface area contributed by atoms with E-state index in [0.29, 0.717) is 11.1 Å². The molecule has 1 aromatic carbocycles. The summed E-state index contributed by atoms with van der Waals surface area (Å²) in [5, 5.41) is 0. The van der Waals surface area contributed by atoms with Crippen molar-refractivity contribution in [1.82, 2.24) is 4.72 Å². The number of hydrogen-bond acceptors (Lipinski definition) is 3. The highest BCUT2D eigenvalue weighted by molar-refractivity contribution is 9.10. The van der Waals surface area contributed by atoms with Crippen molar-refractivity contribution in [3.63, 3.8) is 0 Å². The summed E-state index contributed by atoms with van der Waals surface area (Å²) in [7, 11) is -1.98. The molecule has 0 aromatic heterocycles. The van der Waals surface area contributed by atoms with Gasteiger partial charge in [0.1, 0.15) is 0 Å². The van der Waals surface area contributed by atoms with E-state index in [4.69, 9.17) is 4.74 Å². The van der Waals surface area contributed by atoms with E-state index in [1.165, 1.54) is 0 Å². The predicted octanol–water partition coefficient (Wildman–Crippen LogP) is 2.40. The minimum absolute atomic E-state index is 0.155. The molecule has 1 aromatic rings. The van der Waals surface area contributed by atoms with Gasteiger partial charge in [-0.15, -0.1) is 0 Å². The largest absolute Gasteiger partial charge is 0.383 e. The van der Waals surface area contributed by atoms with Gasteiger partial charge in [0.15, 0.2) is 0 Å². The molecule has 1 unspecified atom stereocenters. The second-order valence-electron chi connectivity index (χ2n) is 4.36. The van der Waals surface area contributed by atoms with E-state index in [1.54, 1.807) is 31.4 Å². The van der Waals surface area contributed by atoms with Gasteiger partial charge in [-0.3, -0.25) is 0 Å². The Balaban J connectivity index is 2.97. The molecule has 0 fully saturated rings. The van der Waals surface area contributed by atoms with Gasteiger partial charge in [-0.1, -0.05) is 26.0 Å². The Morgan fingerprint density at radius 1 is 1.33 bits per heavy atom. The zero-order valence-corrected chi connectivity index (χ0v) is 13.1. The van der Waals surface area contributed by atoms with Crippen molar-refractivity contribution in [2.45, 2.75) is 24.8 Å². The SMILES string of the molecule is COCC(NS(=O)(=O)c1ccccc1Br)C(C)C. The van der Waals surface area contributed by atoms with Crippen LogP contribution in [0.25, 0.3) is 0 Å². The van der Waals surface area contributed by atoms with Gasteiger partial charge in [0, 0.05) is 17.6 Å². The lowest BCUT2D eigenvalue weighted by Gasteiger charge is -2.21. The average Bonchev–Trinajstić information content (AvgIpc) is 2.28. The number of methoxy groups -OCH3 is 1. The number of hydrogen-bond donors (Lipinski definition) is 1. The molecule has 0 saturated heterocycles. The van der Waals surface area contributed by atoms with Gasteiger partial charge in [-0.05, 0) is 34.0 Å². The topological polar surface area (TPSA) is 55.4 Å². The maximum absolute atomic E-state index is 12.2. The summed E-state index contributed by atoms with van der Waals surface area (Å²) >= 11 is 3.25. The van der Waals surface area contributed by atoms with Crippen LogP contribution in [0.5, 0.6) is 0 Å². The molecule has 0 aliphatic heterocycles. The fourth-order valence-electron chi connectivity index (χ4n) is 1.47. The molecule has 102 valence electrons. The molecule has 1 N–H and O–H groups in total. The maximum atomic E-state index is 12.2. The van der Waals surface area contributed by atoms with Crippen molar-refractivity contribution < 1.29 is 13.2 Å². The number of ether oxygens (including phenoxy) is 1. The first-order valence-corrected chi connectivity index (χ1v) is 7.92. The molecule has 6 heteroatoms. The number of halogens is 1. The third-order valence-electron chi connectivity index (χ3n) is 2.58. The third-order valence-corrected chi connectivity index (χ3v) is 5.09. The molecule has 0 aliphatic rings. The normalized spacial score (nSPS) is 13.8. The maximum Gasteiger partial charge on any atom is 0.242 e. The smallest absolute Gasteiger partial charge is 0.242 e. The van der Waals surface area contributed by atoms with Crippen LogP contribution >= 0.6 is 15.9 Å². The minimum Gasteiger partial charge on any atom is -0.383 e. The number of nitrogens with one attached hydrogen (secondary N) is 1. The number of rotatable bonds is 6. The minimum atomic E-state index is -3.53. The second kappa shape index (κ2) is 6.65. The van der Waals surface area contributed by atoms with Gasteiger partial charge in [-0.25, -0.2) is 13.1 Å². The number of sulfonamides is 1. The van der Waals surface area contributed by atoms with Crippen LogP contribution in [0.4, 0.5) is 0 Å². The summed E-state index contributed by atoms with van der Waals surface area (Å²) in [6.07, 6.45) is 0. The Bertz CT molecular complexity index is 488. The monoisotopic (exact) mass is 335 g/mol. The molecule has 0 spiro atoms. The van der Waals surface area contributed by atoms with Crippen molar-refractivity contribution >= 4 is 26.0 Å². The molecule has 0 bridgehead atoms. The van der Waals surface area contributed by atoms with E-state index in [1.807, 2.05) is 13.8 Å². The molecule has 4 nitrogen and oxygen atoms in total. The van der Waals surface area contributed by atoms with E-state index in [2.05, 4.69) is 20.7 Å². The molecule has 18 heavy (non-hydrogen) atoms. The van der Waals surface area contributed by atoms with E-state index in [-0.39, 0.29) is 16.9 Å². The predicted molar refractivity (Wildman–Crippen MR) is 75.0 cm³/mol. The van der Waals surface area contributed by atoms with Gasteiger partial charge in [-0.2, -0.15) is 0 Å². The van der Waals surface area contributed by atoms with Crippen LogP contribution in [-0.4, -0.2) is 28.2 Å². The Labute approximate surface area is 117 Å². The number of benzene rings is 1. The van der Waals surface area contributed by atoms with E-state index >= 15 is 0 Å². The molecule has 0 aliphatic carbocycles. The standard InChI is InChI=1S/C12H18BrNO3S/c1-9(2)11(8-17-3)14-18(15,16)12-7-5-4-6-10(12)13/h4-7,9,11,14H,8H2,1-3H3. The fraction of sp³-hybridized carbons (Fsp3) is 0.500. The van der Waals surface area contributed by atoms with Gasteiger partial charge < -0.3 is 4.74 Å². The van der Waals surface area contributed by atoms with Crippen LogP contribution in [-0.2, 0) is 14.8 Å². The Hall–Kier alpha value is -0.430. The lowest BCUT2D eigenvalue weighted by molar-refractivity contribution is 0.157.